The van der Waals surface area contributed by atoms with Crippen LogP contribution in [0.15, 0.2) is 65.2 Å². The molecule has 1 aromatic heterocycles. The van der Waals surface area contributed by atoms with Gasteiger partial charge in [0, 0.05) is 35.4 Å². The highest BCUT2D eigenvalue weighted by molar-refractivity contribution is 6.24. The van der Waals surface area contributed by atoms with Gasteiger partial charge in [-0.05, 0) is 19.1 Å². The molecule has 3 aromatic rings. The minimum Gasteiger partial charge on any atom is -0.493 e. The van der Waals surface area contributed by atoms with Crippen molar-refractivity contribution < 1.29 is 14.3 Å². The maximum Gasteiger partial charge on any atom is 0.254 e. The van der Waals surface area contributed by atoms with Crippen molar-refractivity contribution in [1.29, 1.82) is 0 Å². The van der Waals surface area contributed by atoms with E-state index in [2.05, 4.69) is 4.99 Å². The molecule has 0 radical (unpaired) electrons. The van der Waals surface area contributed by atoms with Gasteiger partial charge in [-0.25, -0.2) is 4.98 Å². The Labute approximate surface area is 191 Å². The third kappa shape index (κ3) is 4.55. The second kappa shape index (κ2) is 9.12. The van der Waals surface area contributed by atoms with Crippen LogP contribution < -0.4 is 21.9 Å². The predicted molar refractivity (Wildman–Crippen MR) is 128 cm³/mol. The Morgan fingerprint density at radius 3 is 2.45 bits per heavy atom. The Balaban J connectivity index is 1.82. The van der Waals surface area contributed by atoms with E-state index in [1.165, 1.54) is 0 Å². The fraction of sp³-hybridized carbons (Fsp3) is 0.200. The zero-order valence-corrected chi connectivity index (χ0v) is 18.2. The Hall–Kier alpha value is -4.20. The number of amides is 1. The number of primary amides is 1. The van der Waals surface area contributed by atoms with E-state index < -0.39 is 5.91 Å². The molecule has 0 bridgehead atoms. The molecule has 168 valence electrons. The number of aliphatic imine (C=N–C) groups is 1. The van der Waals surface area contributed by atoms with Crippen LogP contribution in [-0.2, 0) is 9.59 Å². The summed E-state index contributed by atoms with van der Waals surface area (Å²) in [6.07, 6.45) is 0.601. The minimum atomic E-state index is -0.791. The van der Waals surface area contributed by atoms with Crippen LogP contribution in [0.3, 0.4) is 0 Å². The molecule has 0 aliphatic heterocycles. The zero-order valence-electron chi connectivity index (χ0n) is 18.2. The second-order valence-electron chi connectivity index (χ2n) is 7.80. The Kier molecular flexibility index (Phi) is 6.08. The molecule has 1 saturated carbocycles. The molecule has 33 heavy (non-hydrogen) atoms. The summed E-state index contributed by atoms with van der Waals surface area (Å²) in [7, 11) is 0. The largest absolute Gasteiger partial charge is 0.493 e. The van der Waals surface area contributed by atoms with Gasteiger partial charge in [0.2, 0.25) is 0 Å². The van der Waals surface area contributed by atoms with E-state index >= 15 is 0 Å². The van der Waals surface area contributed by atoms with Crippen molar-refractivity contribution in [3.05, 3.63) is 65.7 Å². The average Bonchev–Trinajstić information content (AvgIpc) is 2.78. The summed E-state index contributed by atoms with van der Waals surface area (Å²) < 4.78 is 5.85. The molecule has 0 spiro atoms. The van der Waals surface area contributed by atoms with Gasteiger partial charge in [0.1, 0.15) is 22.9 Å². The molecule has 1 amide bonds. The number of hydrogen-bond acceptors (Lipinski definition) is 6. The highest BCUT2D eigenvalue weighted by atomic mass is 16.5. The molecule has 4 rings (SSSR count). The third-order valence-electron chi connectivity index (χ3n) is 5.47. The van der Waals surface area contributed by atoms with E-state index in [-0.39, 0.29) is 28.9 Å². The number of carbonyl (C=O) groups excluding carboxylic acids is 2. The van der Waals surface area contributed by atoms with Crippen molar-refractivity contribution in [3.8, 4) is 17.0 Å². The Morgan fingerprint density at radius 1 is 1.09 bits per heavy atom. The molecule has 0 unspecified atom stereocenters. The van der Waals surface area contributed by atoms with Gasteiger partial charge in [0.05, 0.1) is 29.6 Å². The number of hydrogen-bond donors (Lipinski definition) is 3. The molecule has 6 N–H and O–H groups in total. The lowest BCUT2D eigenvalue weighted by molar-refractivity contribution is -0.124. The summed E-state index contributed by atoms with van der Waals surface area (Å²) in [6.45, 7) is 2.42. The third-order valence-corrected chi connectivity index (χ3v) is 5.47. The number of aromatic nitrogens is 1. The van der Waals surface area contributed by atoms with E-state index in [4.69, 9.17) is 26.9 Å². The monoisotopic (exact) mass is 443 g/mol. The molecule has 1 aliphatic rings. The Bertz CT molecular complexity index is 1290. The quantitative estimate of drug-likeness (QED) is 0.290. The number of fused-ring (bicyclic) bond motifs is 1. The number of Topliss-reactive ketones (excluding diaryl/α,β-unsaturated/α-hetero) is 1. The Morgan fingerprint density at radius 2 is 1.82 bits per heavy atom. The molecule has 8 nitrogen and oxygen atoms in total. The number of amidine groups is 1. The first-order chi connectivity index (χ1) is 15.9. The number of benzene rings is 2. The van der Waals surface area contributed by atoms with Crippen LogP contribution in [0.4, 0.5) is 0 Å². The number of pyridine rings is 1. The minimum absolute atomic E-state index is 0.0707. The standard InChI is InChI=1S/C25H25N5O3/c1-2-33-21-13-19(14-6-4-3-5-7-14)30-20-10-15(8-9-18(20)21)23(26)22(25(28)32)24(27)29-16-11-17(31)12-16/h3-10,13,16H,2,11-12,26H2,1H3,(H2,27,29)(H2,28,32)/b23-22+. The topological polar surface area (TPSA) is 147 Å². The molecule has 0 saturated heterocycles. The van der Waals surface area contributed by atoms with E-state index in [0.717, 1.165) is 16.6 Å². The van der Waals surface area contributed by atoms with Gasteiger partial charge < -0.3 is 21.9 Å². The van der Waals surface area contributed by atoms with Crippen LogP contribution in [0.1, 0.15) is 25.3 Å². The molecular formula is C25H25N5O3. The predicted octanol–water partition coefficient (Wildman–Crippen LogP) is 2.54. The first-order valence-electron chi connectivity index (χ1n) is 10.7. The lowest BCUT2D eigenvalue weighted by Crippen LogP contribution is -2.34. The van der Waals surface area contributed by atoms with Crippen molar-refractivity contribution in [2.45, 2.75) is 25.8 Å². The number of ketones is 1. The summed E-state index contributed by atoms with van der Waals surface area (Å²) in [6, 6.07) is 16.8. The lowest BCUT2D eigenvalue weighted by Gasteiger charge is -2.21. The summed E-state index contributed by atoms with van der Waals surface area (Å²) in [5, 5.41) is 0.809. The van der Waals surface area contributed by atoms with Crippen molar-refractivity contribution in [3.63, 3.8) is 0 Å². The fourth-order valence-electron chi connectivity index (χ4n) is 3.76. The van der Waals surface area contributed by atoms with E-state index in [0.29, 0.717) is 36.3 Å². The molecule has 8 heteroatoms. The number of nitrogens with two attached hydrogens (primary N) is 3. The highest BCUT2D eigenvalue weighted by Crippen LogP contribution is 2.32. The summed E-state index contributed by atoms with van der Waals surface area (Å²) in [5.74, 6) is -0.0607. The molecule has 1 fully saturated rings. The van der Waals surface area contributed by atoms with Crippen LogP contribution in [0.5, 0.6) is 5.75 Å². The number of carbonyl (C=O) groups is 2. The van der Waals surface area contributed by atoms with Crippen LogP contribution in [0.2, 0.25) is 0 Å². The van der Waals surface area contributed by atoms with Crippen LogP contribution in [-0.4, -0.2) is 35.2 Å². The van der Waals surface area contributed by atoms with Gasteiger partial charge in [-0.15, -0.1) is 0 Å². The van der Waals surface area contributed by atoms with Gasteiger partial charge in [0.25, 0.3) is 5.91 Å². The van der Waals surface area contributed by atoms with Crippen molar-refractivity contribution in [2.75, 3.05) is 6.61 Å². The zero-order chi connectivity index (χ0) is 23.5. The van der Waals surface area contributed by atoms with E-state index in [1.807, 2.05) is 49.4 Å². The fourth-order valence-corrected chi connectivity index (χ4v) is 3.76. The van der Waals surface area contributed by atoms with Crippen LogP contribution in [0, 0.1) is 0 Å². The SMILES string of the molecule is CCOc1cc(-c2ccccc2)nc2cc(/C(N)=C(\C(N)=O)C(N)=NC3CC(=O)C3)ccc12. The van der Waals surface area contributed by atoms with Gasteiger partial charge in [-0.2, -0.15) is 0 Å². The summed E-state index contributed by atoms with van der Waals surface area (Å²) in [4.78, 5) is 32.4. The average molecular weight is 444 g/mol. The highest BCUT2D eigenvalue weighted by Gasteiger charge is 2.27. The molecule has 0 atom stereocenters. The smallest absolute Gasteiger partial charge is 0.254 e. The number of nitrogens with zero attached hydrogens (tertiary/aromatic N) is 2. The van der Waals surface area contributed by atoms with Crippen molar-refractivity contribution >= 4 is 34.1 Å². The first kappa shape index (κ1) is 22.0. The van der Waals surface area contributed by atoms with Gasteiger partial charge in [-0.1, -0.05) is 36.4 Å². The van der Waals surface area contributed by atoms with Gasteiger partial charge in [0.15, 0.2) is 0 Å². The number of ether oxygens (including phenoxy) is 1. The van der Waals surface area contributed by atoms with E-state index in [1.54, 1.807) is 12.1 Å². The van der Waals surface area contributed by atoms with Crippen LogP contribution in [0.25, 0.3) is 27.9 Å². The van der Waals surface area contributed by atoms with Crippen molar-refractivity contribution in [1.82, 2.24) is 4.98 Å². The van der Waals surface area contributed by atoms with Gasteiger partial charge in [-0.3, -0.25) is 14.6 Å². The van der Waals surface area contributed by atoms with Gasteiger partial charge >= 0.3 is 0 Å². The summed E-state index contributed by atoms with van der Waals surface area (Å²) in [5.41, 5.74) is 20.8. The molecule has 1 aliphatic carbocycles. The normalized spacial score (nSPS) is 15.2. The van der Waals surface area contributed by atoms with E-state index in [9.17, 15) is 9.59 Å². The van der Waals surface area contributed by atoms with Crippen molar-refractivity contribution in [2.24, 2.45) is 22.2 Å². The van der Waals surface area contributed by atoms with Crippen LogP contribution >= 0.6 is 0 Å². The molecule has 1 heterocycles. The number of rotatable bonds is 7. The lowest BCUT2D eigenvalue weighted by atomic mass is 9.92. The first-order valence-corrected chi connectivity index (χ1v) is 10.7. The summed E-state index contributed by atoms with van der Waals surface area (Å²) >= 11 is 0. The maximum atomic E-state index is 12.2. The maximum absolute atomic E-state index is 12.2. The molecular weight excluding hydrogens is 418 g/mol. The second-order valence-corrected chi connectivity index (χ2v) is 7.80. The molecule has 2 aromatic carbocycles.